The normalized spacial score (nSPS) is 16.1. The van der Waals surface area contributed by atoms with Gasteiger partial charge in [-0.3, -0.25) is 4.79 Å². The van der Waals surface area contributed by atoms with E-state index in [-0.39, 0.29) is 24.0 Å². The van der Waals surface area contributed by atoms with Crippen LogP contribution in [-0.2, 0) is 11.2 Å². The molecule has 1 atom stereocenters. The van der Waals surface area contributed by atoms with Crippen LogP contribution in [0.4, 0.5) is 14.5 Å². The van der Waals surface area contributed by atoms with Crippen LogP contribution in [0, 0.1) is 17.6 Å². The van der Waals surface area contributed by atoms with Crippen molar-refractivity contribution in [2.45, 2.75) is 19.3 Å². The average molecular weight is 412 g/mol. The lowest BCUT2D eigenvalue weighted by Gasteiger charge is -2.18. The molecule has 4 rings (SSSR count). The molecule has 156 valence electrons. The third kappa shape index (κ3) is 5.00. The summed E-state index contributed by atoms with van der Waals surface area (Å²) in [7, 11) is 0. The summed E-state index contributed by atoms with van der Waals surface area (Å²) >= 11 is 0. The molecule has 0 saturated carbocycles. The van der Waals surface area contributed by atoms with Crippen LogP contribution < -0.4 is 10.2 Å². The van der Waals surface area contributed by atoms with Crippen LogP contribution in [0.3, 0.4) is 0 Å². The van der Waals surface area contributed by atoms with E-state index in [1.54, 1.807) is 24.3 Å². The van der Waals surface area contributed by atoms with Crippen LogP contribution in [0.15, 0.2) is 53.1 Å². The van der Waals surface area contributed by atoms with Crippen molar-refractivity contribution < 1.29 is 18.1 Å². The summed E-state index contributed by atoms with van der Waals surface area (Å²) < 4.78 is 31.2. The smallest absolute Gasteiger partial charge is 0.227 e. The van der Waals surface area contributed by atoms with Gasteiger partial charge in [0.05, 0.1) is 0 Å². The molecule has 6 nitrogen and oxygen atoms in total. The van der Waals surface area contributed by atoms with E-state index in [1.807, 2.05) is 0 Å². The van der Waals surface area contributed by atoms with Crippen LogP contribution in [-0.4, -0.2) is 35.7 Å². The molecule has 0 radical (unpaired) electrons. The molecule has 1 aliphatic heterocycles. The fraction of sp³-hybridized carbons (Fsp3) is 0.318. The maximum Gasteiger partial charge on any atom is 0.227 e. The predicted molar refractivity (Wildman–Crippen MR) is 108 cm³/mol. The zero-order chi connectivity index (χ0) is 20.9. The van der Waals surface area contributed by atoms with Crippen molar-refractivity contribution in [3.63, 3.8) is 0 Å². The summed E-state index contributed by atoms with van der Waals surface area (Å²) in [5, 5.41) is 6.84. The van der Waals surface area contributed by atoms with Crippen molar-refractivity contribution in [1.82, 2.24) is 15.5 Å². The molecule has 1 amide bonds. The topological polar surface area (TPSA) is 71.3 Å². The molecule has 1 N–H and O–H groups in total. The number of nitrogens with zero attached hydrogens (tertiary/aromatic N) is 3. The number of anilines is 1. The van der Waals surface area contributed by atoms with Crippen LogP contribution in [0.25, 0.3) is 11.4 Å². The lowest BCUT2D eigenvalue weighted by Crippen LogP contribution is -2.31. The standard InChI is InChI=1S/C22H22F2N4O2/c23-17-3-1-16(2-4-17)22-26-21(30-27-22)10-9-20(29)25-13-15-11-12-28(14-15)19-7-5-18(24)6-8-19/h1-8,15H,9-14H2,(H,25,29). The van der Waals surface area contributed by atoms with Gasteiger partial charge < -0.3 is 14.7 Å². The minimum absolute atomic E-state index is 0.0724. The molecule has 0 bridgehead atoms. The van der Waals surface area contributed by atoms with Crippen molar-refractivity contribution in [2.75, 3.05) is 24.5 Å². The van der Waals surface area contributed by atoms with Gasteiger partial charge in [-0.1, -0.05) is 5.16 Å². The molecule has 0 spiro atoms. The Bertz CT molecular complexity index is 989. The highest BCUT2D eigenvalue weighted by atomic mass is 19.1. The zero-order valence-electron chi connectivity index (χ0n) is 16.4. The lowest BCUT2D eigenvalue weighted by atomic mass is 10.1. The Morgan fingerprint density at radius 3 is 2.53 bits per heavy atom. The number of hydrogen-bond donors (Lipinski definition) is 1. The van der Waals surface area contributed by atoms with E-state index >= 15 is 0 Å². The zero-order valence-corrected chi connectivity index (χ0v) is 16.4. The van der Waals surface area contributed by atoms with Crippen molar-refractivity contribution in [1.29, 1.82) is 0 Å². The van der Waals surface area contributed by atoms with E-state index in [0.29, 0.717) is 36.2 Å². The highest BCUT2D eigenvalue weighted by Gasteiger charge is 2.23. The van der Waals surface area contributed by atoms with Crippen LogP contribution >= 0.6 is 0 Å². The predicted octanol–water partition coefficient (Wildman–Crippen LogP) is 3.59. The number of aromatic nitrogens is 2. The van der Waals surface area contributed by atoms with E-state index in [2.05, 4.69) is 20.4 Å². The molecule has 1 fully saturated rings. The maximum atomic E-state index is 13.1. The van der Waals surface area contributed by atoms with Crippen LogP contribution in [0.2, 0.25) is 0 Å². The molecule has 0 aliphatic carbocycles. The molecule has 8 heteroatoms. The van der Waals surface area contributed by atoms with Gasteiger partial charge in [0.1, 0.15) is 11.6 Å². The van der Waals surface area contributed by atoms with Gasteiger partial charge in [0.15, 0.2) is 0 Å². The summed E-state index contributed by atoms with van der Waals surface area (Å²) in [6.07, 6.45) is 1.56. The molecule has 1 saturated heterocycles. The molecule has 3 aromatic rings. The number of carbonyl (C=O) groups excluding carboxylic acids is 1. The highest BCUT2D eigenvalue weighted by molar-refractivity contribution is 5.76. The first kappa shape index (κ1) is 20.0. The molecule has 2 heterocycles. The summed E-state index contributed by atoms with van der Waals surface area (Å²) in [6, 6.07) is 12.3. The summed E-state index contributed by atoms with van der Waals surface area (Å²) in [5.74, 6) is 0.448. The first-order valence-electron chi connectivity index (χ1n) is 9.92. The van der Waals surface area contributed by atoms with Gasteiger partial charge in [0.2, 0.25) is 17.6 Å². The molecular formula is C22H22F2N4O2. The van der Waals surface area contributed by atoms with Gasteiger partial charge in [-0.2, -0.15) is 4.98 Å². The van der Waals surface area contributed by atoms with E-state index in [0.717, 1.165) is 25.2 Å². The van der Waals surface area contributed by atoms with Gasteiger partial charge in [-0.05, 0) is 60.9 Å². The summed E-state index contributed by atoms with van der Waals surface area (Å²) in [5.41, 5.74) is 1.65. The molecule has 30 heavy (non-hydrogen) atoms. The molecule has 2 aromatic carbocycles. The lowest BCUT2D eigenvalue weighted by molar-refractivity contribution is -0.121. The number of carbonyl (C=O) groups is 1. The van der Waals surface area contributed by atoms with Gasteiger partial charge in [-0.15, -0.1) is 0 Å². The van der Waals surface area contributed by atoms with Gasteiger partial charge in [0, 0.05) is 43.7 Å². The van der Waals surface area contributed by atoms with Crippen LogP contribution in [0.5, 0.6) is 0 Å². The van der Waals surface area contributed by atoms with Gasteiger partial charge in [0.25, 0.3) is 0 Å². The Morgan fingerprint density at radius 1 is 1.10 bits per heavy atom. The molecule has 1 aliphatic rings. The molecule has 1 aromatic heterocycles. The largest absolute Gasteiger partial charge is 0.371 e. The van der Waals surface area contributed by atoms with Crippen molar-refractivity contribution in [3.05, 3.63) is 66.1 Å². The summed E-state index contributed by atoms with van der Waals surface area (Å²) in [6.45, 7) is 2.32. The highest BCUT2D eigenvalue weighted by Crippen LogP contribution is 2.23. The Hall–Kier alpha value is -3.29. The van der Waals surface area contributed by atoms with Crippen molar-refractivity contribution in [2.24, 2.45) is 5.92 Å². The van der Waals surface area contributed by atoms with Gasteiger partial charge in [-0.25, -0.2) is 8.78 Å². The van der Waals surface area contributed by atoms with Crippen LogP contribution in [0.1, 0.15) is 18.7 Å². The van der Waals surface area contributed by atoms with E-state index in [4.69, 9.17) is 4.52 Å². The Balaban J connectivity index is 1.20. The Kier molecular flexibility index (Phi) is 6.02. The number of aryl methyl sites for hydroxylation is 1. The number of hydrogen-bond acceptors (Lipinski definition) is 5. The first-order valence-corrected chi connectivity index (χ1v) is 9.92. The van der Waals surface area contributed by atoms with Crippen molar-refractivity contribution in [3.8, 4) is 11.4 Å². The number of rotatable bonds is 7. The third-order valence-corrected chi connectivity index (χ3v) is 5.20. The third-order valence-electron chi connectivity index (χ3n) is 5.20. The SMILES string of the molecule is O=C(CCc1nc(-c2ccc(F)cc2)no1)NCC1CCN(c2ccc(F)cc2)C1. The number of amides is 1. The van der Waals surface area contributed by atoms with Gasteiger partial charge >= 0.3 is 0 Å². The maximum absolute atomic E-state index is 13.1. The second kappa shape index (κ2) is 9.02. The molecular weight excluding hydrogens is 390 g/mol. The quantitative estimate of drug-likeness (QED) is 0.642. The minimum atomic E-state index is -0.331. The number of nitrogens with one attached hydrogen (secondary N) is 1. The first-order chi connectivity index (χ1) is 14.6. The Morgan fingerprint density at radius 2 is 1.80 bits per heavy atom. The fourth-order valence-electron chi connectivity index (χ4n) is 3.53. The minimum Gasteiger partial charge on any atom is -0.371 e. The number of halogens is 2. The van der Waals surface area contributed by atoms with Crippen molar-refractivity contribution >= 4 is 11.6 Å². The van der Waals surface area contributed by atoms with E-state index in [1.165, 1.54) is 24.3 Å². The average Bonchev–Trinajstić information content (AvgIpc) is 3.42. The Labute approximate surface area is 172 Å². The molecule has 1 unspecified atom stereocenters. The summed E-state index contributed by atoms with van der Waals surface area (Å²) in [4.78, 5) is 18.6. The fourth-order valence-corrected chi connectivity index (χ4v) is 3.53. The van der Waals surface area contributed by atoms with E-state index in [9.17, 15) is 13.6 Å². The number of benzene rings is 2. The second-order valence-corrected chi connectivity index (χ2v) is 7.40. The second-order valence-electron chi connectivity index (χ2n) is 7.40. The van der Waals surface area contributed by atoms with E-state index < -0.39 is 0 Å². The monoisotopic (exact) mass is 412 g/mol.